The number of anilines is 3. The van der Waals surface area contributed by atoms with E-state index in [-0.39, 0.29) is 11.7 Å². The van der Waals surface area contributed by atoms with E-state index in [2.05, 4.69) is 37.8 Å². The van der Waals surface area contributed by atoms with Crippen molar-refractivity contribution in [3.05, 3.63) is 59.8 Å². The van der Waals surface area contributed by atoms with Gasteiger partial charge in [-0.15, -0.1) is 0 Å². The molecule has 2 aromatic carbocycles. The first-order chi connectivity index (χ1) is 16.8. The van der Waals surface area contributed by atoms with Gasteiger partial charge < -0.3 is 20.9 Å². The molecule has 9 nitrogen and oxygen atoms in total. The van der Waals surface area contributed by atoms with Crippen molar-refractivity contribution in [2.75, 3.05) is 55.7 Å². The molecule has 0 unspecified atom stereocenters. The predicted octanol–water partition coefficient (Wildman–Crippen LogP) is 3.58. The fraction of sp³-hybridized carbons (Fsp3) is 0.308. The van der Waals surface area contributed by atoms with Gasteiger partial charge in [-0.1, -0.05) is 12.1 Å². The number of aryl methyl sites for hydroxylation is 1. The minimum Gasteiger partial charge on any atom is -0.324 e. The van der Waals surface area contributed by atoms with Gasteiger partial charge in [0, 0.05) is 54.2 Å². The number of fused-ring (bicyclic) bond motifs is 1. The van der Waals surface area contributed by atoms with E-state index in [4.69, 9.17) is 0 Å². The van der Waals surface area contributed by atoms with Gasteiger partial charge in [0.25, 0.3) is 0 Å². The average Bonchev–Trinajstić information content (AvgIpc) is 2.81. The molecule has 35 heavy (non-hydrogen) atoms. The van der Waals surface area contributed by atoms with Gasteiger partial charge in [-0.25, -0.2) is 4.79 Å². The predicted molar refractivity (Wildman–Crippen MR) is 138 cm³/mol. The number of carbonyl (C=O) groups excluding carboxylic acids is 3. The fourth-order valence-electron chi connectivity index (χ4n) is 4.05. The number of urea groups is 1. The van der Waals surface area contributed by atoms with E-state index in [1.54, 1.807) is 36.4 Å². The van der Waals surface area contributed by atoms with Gasteiger partial charge in [0.2, 0.25) is 5.91 Å². The molecule has 3 N–H and O–H groups in total. The molecule has 0 bridgehead atoms. The molecule has 0 aliphatic carbocycles. The SMILES string of the molecule is CC(=O)c1cccc(NC(=O)Nc2ccc3nc(C)cc(NC(=O)CN4CCN(C)CC4)c3c2)c1. The Hall–Kier alpha value is -3.82. The Kier molecular flexibility index (Phi) is 7.38. The Morgan fingerprint density at radius 3 is 2.34 bits per heavy atom. The molecule has 0 radical (unpaired) electrons. The molecule has 2 heterocycles. The number of rotatable bonds is 6. The number of piperazine rings is 1. The number of hydrogen-bond donors (Lipinski definition) is 3. The maximum absolute atomic E-state index is 12.8. The second-order valence-corrected chi connectivity index (χ2v) is 8.89. The normalized spacial score (nSPS) is 14.5. The van der Waals surface area contributed by atoms with E-state index in [1.807, 2.05) is 19.1 Å². The van der Waals surface area contributed by atoms with Crippen LogP contribution >= 0.6 is 0 Å². The molecule has 1 saturated heterocycles. The number of benzene rings is 2. The smallest absolute Gasteiger partial charge is 0.323 e. The van der Waals surface area contributed by atoms with Gasteiger partial charge in [-0.2, -0.15) is 0 Å². The lowest BCUT2D eigenvalue weighted by Crippen LogP contribution is -2.47. The Morgan fingerprint density at radius 1 is 0.914 bits per heavy atom. The Bertz CT molecular complexity index is 1270. The number of nitrogens with one attached hydrogen (secondary N) is 3. The van der Waals surface area contributed by atoms with E-state index in [0.29, 0.717) is 29.2 Å². The summed E-state index contributed by atoms with van der Waals surface area (Å²) in [5.41, 5.74) is 3.76. The average molecular weight is 475 g/mol. The van der Waals surface area contributed by atoms with Crippen LogP contribution in [0.25, 0.3) is 10.9 Å². The number of ketones is 1. The summed E-state index contributed by atoms with van der Waals surface area (Å²) < 4.78 is 0. The molecule has 0 atom stereocenters. The van der Waals surface area contributed by atoms with E-state index < -0.39 is 6.03 Å². The second-order valence-electron chi connectivity index (χ2n) is 8.89. The molecular weight excluding hydrogens is 444 g/mol. The third-order valence-corrected chi connectivity index (χ3v) is 5.96. The fourth-order valence-corrected chi connectivity index (χ4v) is 4.05. The van der Waals surface area contributed by atoms with Crippen molar-refractivity contribution < 1.29 is 14.4 Å². The highest BCUT2D eigenvalue weighted by Gasteiger charge is 2.17. The summed E-state index contributed by atoms with van der Waals surface area (Å²) in [5, 5.41) is 9.31. The lowest BCUT2D eigenvalue weighted by atomic mass is 10.1. The maximum atomic E-state index is 12.8. The molecule has 0 spiro atoms. The summed E-state index contributed by atoms with van der Waals surface area (Å²) in [5.74, 6) is -0.156. The number of carbonyl (C=O) groups is 3. The van der Waals surface area contributed by atoms with Crippen LogP contribution in [0.15, 0.2) is 48.5 Å². The van der Waals surface area contributed by atoms with Gasteiger partial charge in [-0.05, 0) is 57.3 Å². The quantitative estimate of drug-likeness (QED) is 0.472. The Morgan fingerprint density at radius 2 is 1.63 bits per heavy atom. The number of nitrogens with zero attached hydrogens (tertiary/aromatic N) is 3. The van der Waals surface area contributed by atoms with Crippen molar-refractivity contribution in [3.8, 4) is 0 Å². The number of hydrogen-bond acceptors (Lipinski definition) is 6. The van der Waals surface area contributed by atoms with Crippen LogP contribution in [0.4, 0.5) is 21.9 Å². The topological polar surface area (TPSA) is 107 Å². The minimum atomic E-state index is -0.439. The molecule has 4 rings (SSSR count). The van der Waals surface area contributed by atoms with Crippen LogP contribution in [0.2, 0.25) is 0 Å². The molecule has 1 aromatic heterocycles. The number of Topliss-reactive ketones (excluding diaryl/α,β-unsaturated/α-hetero) is 1. The van der Waals surface area contributed by atoms with Crippen LogP contribution < -0.4 is 16.0 Å². The number of likely N-dealkylation sites (N-methyl/N-ethyl adjacent to an activating group) is 1. The van der Waals surface area contributed by atoms with Gasteiger partial charge in [0.1, 0.15) is 0 Å². The van der Waals surface area contributed by atoms with Gasteiger partial charge in [0.15, 0.2) is 5.78 Å². The summed E-state index contributed by atoms with van der Waals surface area (Å²) in [4.78, 5) is 45.9. The lowest BCUT2D eigenvalue weighted by molar-refractivity contribution is -0.117. The van der Waals surface area contributed by atoms with Crippen LogP contribution in [-0.2, 0) is 4.79 Å². The minimum absolute atomic E-state index is 0.0754. The first kappa shape index (κ1) is 24.3. The first-order valence-corrected chi connectivity index (χ1v) is 11.6. The number of aromatic nitrogens is 1. The van der Waals surface area contributed by atoms with Crippen LogP contribution in [0, 0.1) is 6.92 Å². The molecule has 1 aliphatic rings. The summed E-state index contributed by atoms with van der Waals surface area (Å²) in [6.07, 6.45) is 0. The van der Waals surface area contributed by atoms with Crippen LogP contribution in [0.3, 0.4) is 0 Å². The Balaban J connectivity index is 1.47. The van der Waals surface area contributed by atoms with Crippen LogP contribution in [-0.4, -0.2) is 72.3 Å². The highest BCUT2D eigenvalue weighted by atomic mass is 16.2. The zero-order valence-corrected chi connectivity index (χ0v) is 20.2. The highest BCUT2D eigenvalue weighted by Crippen LogP contribution is 2.26. The third-order valence-electron chi connectivity index (χ3n) is 5.96. The van der Waals surface area contributed by atoms with Gasteiger partial charge in [-0.3, -0.25) is 19.5 Å². The molecule has 3 aromatic rings. The van der Waals surface area contributed by atoms with E-state index >= 15 is 0 Å². The van der Waals surface area contributed by atoms with Crippen molar-refractivity contribution in [1.29, 1.82) is 0 Å². The molecule has 182 valence electrons. The molecule has 9 heteroatoms. The highest BCUT2D eigenvalue weighted by molar-refractivity contribution is 6.05. The zero-order chi connectivity index (χ0) is 24.9. The summed E-state index contributed by atoms with van der Waals surface area (Å²) in [7, 11) is 2.08. The number of pyridine rings is 1. The summed E-state index contributed by atoms with van der Waals surface area (Å²) in [6, 6.07) is 13.5. The van der Waals surface area contributed by atoms with Crippen LogP contribution in [0.5, 0.6) is 0 Å². The molecule has 1 aliphatic heterocycles. The van der Waals surface area contributed by atoms with E-state index in [9.17, 15) is 14.4 Å². The van der Waals surface area contributed by atoms with Crippen molar-refractivity contribution in [2.45, 2.75) is 13.8 Å². The van der Waals surface area contributed by atoms with Crippen molar-refractivity contribution in [3.63, 3.8) is 0 Å². The molecule has 3 amide bonds. The second kappa shape index (κ2) is 10.6. The van der Waals surface area contributed by atoms with Gasteiger partial charge >= 0.3 is 6.03 Å². The van der Waals surface area contributed by atoms with E-state index in [0.717, 1.165) is 42.8 Å². The number of amides is 3. The van der Waals surface area contributed by atoms with Gasteiger partial charge in [0.05, 0.1) is 17.7 Å². The molecule has 0 saturated carbocycles. The standard InChI is InChI=1S/C26H30N6O3/c1-17-13-24(30-25(34)16-32-11-9-31(3)10-12-32)22-15-21(7-8-23(22)27-17)29-26(35)28-20-6-4-5-19(14-20)18(2)33/h4-8,13-15H,9-12,16H2,1-3H3,(H,27,30,34)(H2,28,29,35). The first-order valence-electron chi connectivity index (χ1n) is 11.6. The van der Waals surface area contributed by atoms with Crippen molar-refractivity contribution in [2.24, 2.45) is 0 Å². The zero-order valence-electron chi connectivity index (χ0n) is 20.2. The monoisotopic (exact) mass is 474 g/mol. The molecule has 1 fully saturated rings. The summed E-state index contributed by atoms with van der Waals surface area (Å²) >= 11 is 0. The lowest BCUT2D eigenvalue weighted by Gasteiger charge is -2.31. The maximum Gasteiger partial charge on any atom is 0.323 e. The largest absolute Gasteiger partial charge is 0.324 e. The van der Waals surface area contributed by atoms with Crippen molar-refractivity contribution in [1.82, 2.24) is 14.8 Å². The Labute approximate surface area is 204 Å². The third kappa shape index (κ3) is 6.40. The van der Waals surface area contributed by atoms with Crippen LogP contribution in [0.1, 0.15) is 23.0 Å². The van der Waals surface area contributed by atoms with Crippen molar-refractivity contribution >= 4 is 45.7 Å². The summed E-state index contributed by atoms with van der Waals surface area (Å²) in [6.45, 7) is 7.30. The molecular formula is C26H30N6O3. The van der Waals surface area contributed by atoms with E-state index in [1.165, 1.54) is 6.92 Å².